The molecule has 5 rings (SSSR count). The van der Waals surface area contributed by atoms with E-state index in [9.17, 15) is 34.2 Å². The molecule has 0 aliphatic heterocycles. The summed E-state index contributed by atoms with van der Waals surface area (Å²) in [6.07, 6.45) is 0.604. The number of fused-ring (bicyclic) bond motifs is 3. The number of nitrogens with two attached hydrogens (primary N) is 1. The van der Waals surface area contributed by atoms with Gasteiger partial charge in [0.05, 0.1) is 17.2 Å². The maximum Gasteiger partial charge on any atom is 0.235 e. The smallest absolute Gasteiger partial charge is 0.235 e. The summed E-state index contributed by atoms with van der Waals surface area (Å²) in [6.45, 7) is 0.473. The topological polar surface area (TPSA) is 167 Å². The van der Waals surface area contributed by atoms with E-state index >= 15 is 0 Å². The van der Waals surface area contributed by atoms with Gasteiger partial charge in [0, 0.05) is 38.7 Å². The van der Waals surface area contributed by atoms with Gasteiger partial charge in [-0.1, -0.05) is 30.3 Å². The number of hydrogen-bond donors (Lipinski definition) is 4. The van der Waals surface area contributed by atoms with Crippen LogP contribution < -0.4 is 16.0 Å². The Bertz CT molecular complexity index is 1400. The Balaban J connectivity index is 1.52. The van der Waals surface area contributed by atoms with Gasteiger partial charge in [0.25, 0.3) is 0 Å². The van der Waals surface area contributed by atoms with Crippen molar-refractivity contribution in [3.8, 4) is 5.75 Å². The highest BCUT2D eigenvalue weighted by atomic mass is 16.3. The second-order valence-electron chi connectivity index (χ2n) is 10.9. The van der Waals surface area contributed by atoms with E-state index in [0.717, 1.165) is 5.56 Å². The lowest BCUT2D eigenvalue weighted by Crippen LogP contribution is -2.68. The van der Waals surface area contributed by atoms with Gasteiger partial charge < -0.3 is 26.2 Å². The highest BCUT2D eigenvalue weighted by molar-refractivity contribution is 6.31. The van der Waals surface area contributed by atoms with Crippen molar-refractivity contribution < 1.29 is 34.2 Å². The lowest BCUT2D eigenvalue weighted by molar-refractivity contribution is -0.175. The minimum absolute atomic E-state index is 0.0224. The van der Waals surface area contributed by atoms with Crippen LogP contribution >= 0.6 is 0 Å². The molecule has 2 aromatic carbocycles. The average molecular weight is 534 g/mol. The molecule has 2 fully saturated rings. The van der Waals surface area contributed by atoms with Gasteiger partial charge in [0.1, 0.15) is 5.75 Å². The number of rotatable bonds is 6. The Morgan fingerprint density at radius 1 is 1.10 bits per heavy atom. The van der Waals surface area contributed by atoms with Crippen molar-refractivity contribution in [3.63, 3.8) is 0 Å². The summed E-state index contributed by atoms with van der Waals surface area (Å²) >= 11 is 0. The number of ketones is 4. The van der Waals surface area contributed by atoms with Gasteiger partial charge in [-0.3, -0.25) is 24.0 Å². The Hall–Kier alpha value is -4.05. The molecule has 5 atom stereocenters. The molecule has 204 valence electrons. The van der Waals surface area contributed by atoms with Crippen LogP contribution in [0.15, 0.2) is 36.4 Å². The first-order valence-corrected chi connectivity index (χ1v) is 13.0. The molecule has 2 aromatic rings. The van der Waals surface area contributed by atoms with Crippen LogP contribution in [0.4, 0.5) is 11.4 Å². The third kappa shape index (κ3) is 4.10. The molecule has 0 radical (unpaired) electrons. The van der Waals surface area contributed by atoms with Crippen LogP contribution in [0, 0.1) is 23.7 Å². The number of carbonyl (C=O) groups is 5. The number of phenols is 1. The predicted octanol–water partition coefficient (Wildman–Crippen LogP) is 1.05. The number of amides is 1. The van der Waals surface area contributed by atoms with Crippen LogP contribution in [0.1, 0.15) is 34.3 Å². The van der Waals surface area contributed by atoms with E-state index in [0.29, 0.717) is 29.9 Å². The Kier molecular flexibility index (Phi) is 6.54. The number of nitrogens with one attached hydrogen (secondary N) is 1. The molecule has 2 unspecified atom stereocenters. The fraction of sp³-hybridized carbons (Fsp3) is 0.414. The predicted molar refractivity (Wildman–Crippen MR) is 141 cm³/mol. The van der Waals surface area contributed by atoms with Gasteiger partial charge in [0.2, 0.25) is 5.91 Å². The summed E-state index contributed by atoms with van der Waals surface area (Å²) in [7, 11) is 3.62. The molecule has 5 N–H and O–H groups in total. The summed E-state index contributed by atoms with van der Waals surface area (Å²) in [5, 5.41) is 25.8. The maximum absolute atomic E-state index is 13.9. The monoisotopic (exact) mass is 533 g/mol. The van der Waals surface area contributed by atoms with Crippen molar-refractivity contribution in [1.29, 1.82) is 0 Å². The van der Waals surface area contributed by atoms with Gasteiger partial charge in [-0.05, 0) is 42.4 Å². The quantitative estimate of drug-likeness (QED) is 0.313. The molecule has 1 amide bonds. The van der Waals surface area contributed by atoms with Gasteiger partial charge in [-0.2, -0.15) is 0 Å². The van der Waals surface area contributed by atoms with E-state index < -0.39 is 58.3 Å². The minimum Gasteiger partial charge on any atom is -0.505 e. The summed E-state index contributed by atoms with van der Waals surface area (Å²) < 4.78 is 0. The van der Waals surface area contributed by atoms with Crippen LogP contribution in [-0.2, 0) is 32.0 Å². The largest absolute Gasteiger partial charge is 0.505 e. The van der Waals surface area contributed by atoms with Gasteiger partial charge in [0.15, 0.2) is 34.7 Å². The Morgan fingerprint density at radius 3 is 2.44 bits per heavy atom. The molecule has 10 nitrogen and oxygen atoms in total. The first kappa shape index (κ1) is 26.6. The van der Waals surface area contributed by atoms with Crippen molar-refractivity contribution in [2.75, 3.05) is 30.9 Å². The molecule has 10 heteroatoms. The summed E-state index contributed by atoms with van der Waals surface area (Å²) in [4.78, 5) is 66.9. The zero-order valence-electron chi connectivity index (χ0n) is 21.8. The van der Waals surface area contributed by atoms with Crippen molar-refractivity contribution in [2.24, 2.45) is 29.4 Å². The van der Waals surface area contributed by atoms with Crippen LogP contribution in [0.5, 0.6) is 5.75 Å². The van der Waals surface area contributed by atoms with Crippen molar-refractivity contribution >= 4 is 40.4 Å². The molecule has 0 bridgehead atoms. The van der Waals surface area contributed by atoms with Crippen LogP contribution in [-0.4, -0.2) is 65.5 Å². The van der Waals surface area contributed by atoms with E-state index in [1.165, 1.54) is 0 Å². The number of phenolic OH excluding ortho intramolecular Hbond substituents is 1. The Labute approximate surface area is 225 Å². The maximum atomic E-state index is 13.9. The number of primary amides is 1. The van der Waals surface area contributed by atoms with Crippen molar-refractivity contribution in [2.45, 2.75) is 31.3 Å². The van der Waals surface area contributed by atoms with E-state index in [2.05, 4.69) is 5.32 Å². The number of Topliss-reactive ketones (excluding diaryl/α,β-unsaturated/α-hetero) is 4. The minimum atomic E-state index is -2.66. The molecule has 0 heterocycles. The fourth-order valence-corrected chi connectivity index (χ4v) is 6.53. The van der Waals surface area contributed by atoms with Gasteiger partial charge >= 0.3 is 0 Å². The van der Waals surface area contributed by atoms with Gasteiger partial charge in [-0.25, -0.2) is 0 Å². The van der Waals surface area contributed by atoms with E-state index in [-0.39, 0.29) is 30.6 Å². The molecular formula is C29H31N3O7. The third-order valence-corrected chi connectivity index (χ3v) is 8.43. The first-order valence-electron chi connectivity index (χ1n) is 13.0. The first-order chi connectivity index (χ1) is 18.5. The number of hydrogen-bond acceptors (Lipinski definition) is 9. The average Bonchev–Trinajstić information content (AvgIpc) is 2.87. The van der Waals surface area contributed by atoms with Crippen LogP contribution in [0.25, 0.3) is 0 Å². The van der Waals surface area contributed by atoms with Crippen LogP contribution in [0.2, 0.25) is 0 Å². The zero-order chi connectivity index (χ0) is 28.2. The molecular weight excluding hydrogens is 502 g/mol. The summed E-state index contributed by atoms with van der Waals surface area (Å²) in [5.74, 6) is -10.2. The van der Waals surface area contributed by atoms with E-state index in [1.807, 2.05) is 49.3 Å². The third-order valence-electron chi connectivity index (χ3n) is 8.43. The molecule has 39 heavy (non-hydrogen) atoms. The van der Waals surface area contributed by atoms with E-state index in [1.54, 1.807) is 6.07 Å². The lowest BCUT2D eigenvalue weighted by atomic mass is 9.53. The molecule has 0 saturated heterocycles. The Morgan fingerprint density at radius 2 is 1.79 bits per heavy atom. The molecule has 0 aromatic heterocycles. The van der Waals surface area contributed by atoms with E-state index in [4.69, 9.17) is 5.73 Å². The standard InChI is InChI=1S/C29H31N3O7/c1-32(2)19-13-18(31-9-8-14-6-4-3-5-7-14)24(34)22-17(19)11-15-10-16-12-20(33)23(28(30)38)27(37)29(16,39)26(36)21(15)25(22)35/h3-7,13,15-16,21,23,31,34,39H,8-12H2,1-2H3,(H2,30,38)/t15-,16+,21?,23?,29+/m1/s1. The summed E-state index contributed by atoms with van der Waals surface area (Å²) in [6, 6.07) is 11.5. The SMILES string of the molecule is CN(C)c1cc(NCCc2ccccc2)c(O)c2c1C[C@H]1C[C@H]3CC(=O)C(C(N)=O)C(=O)[C@@]3(O)C(=O)C1C2=O. The second kappa shape index (κ2) is 9.60. The summed E-state index contributed by atoms with van der Waals surface area (Å²) in [5.41, 5.74) is 5.24. The number of aromatic hydroxyl groups is 1. The lowest BCUT2D eigenvalue weighted by Gasteiger charge is -2.48. The number of aliphatic hydroxyl groups is 1. The van der Waals surface area contributed by atoms with Gasteiger partial charge in [-0.15, -0.1) is 0 Å². The molecule has 0 spiro atoms. The highest BCUT2D eigenvalue weighted by Crippen LogP contribution is 2.52. The fourth-order valence-electron chi connectivity index (χ4n) is 6.53. The number of anilines is 2. The second-order valence-corrected chi connectivity index (χ2v) is 10.9. The van der Waals surface area contributed by atoms with Crippen molar-refractivity contribution in [1.82, 2.24) is 0 Å². The number of nitrogens with zero attached hydrogens (tertiary/aromatic N) is 1. The van der Waals surface area contributed by atoms with Crippen molar-refractivity contribution in [3.05, 3.63) is 53.1 Å². The number of benzene rings is 2. The number of carbonyl (C=O) groups excluding carboxylic acids is 5. The normalized spacial score (nSPS) is 27.9. The molecule has 3 aliphatic carbocycles. The molecule has 2 saturated carbocycles. The molecule has 3 aliphatic rings. The van der Waals surface area contributed by atoms with Crippen LogP contribution in [0.3, 0.4) is 0 Å². The zero-order valence-corrected chi connectivity index (χ0v) is 21.8. The highest BCUT2D eigenvalue weighted by Gasteiger charge is 2.66.